The molecule has 1 atom stereocenters. The van der Waals surface area contributed by atoms with Gasteiger partial charge >= 0.3 is 0 Å². The number of rotatable bonds is 8. The van der Waals surface area contributed by atoms with Crippen LogP contribution in [0.3, 0.4) is 0 Å². The van der Waals surface area contributed by atoms with Gasteiger partial charge in [0.15, 0.2) is 5.96 Å². The van der Waals surface area contributed by atoms with E-state index in [1.807, 2.05) is 18.2 Å². The fourth-order valence-electron chi connectivity index (χ4n) is 3.76. The summed E-state index contributed by atoms with van der Waals surface area (Å²) in [5, 5.41) is 7.79. The van der Waals surface area contributed by atoms with Crippen molar-refractivity contribution in [2.45, 2.75) is 32.2 Å². The first-order chi connectivity index (χ1) is 13.7. The fourth-order valence-corrected chi connectivity index (χ4v) is 3.95. The van der Waals surface area contributed by atoms with Crippen LogP contribution in [-0.4, -0.2) is 75.9 Å². The van der Waals surface area contributed by atoms with Crippen LogP contribution in [0.4, 0.5) is 5.69 Å². The minimum atomic E-state index is 0. The number of aliphatic imine (C=N–C) groups is 1. The molecule has 164 valence electrons. The van der Waals surface area contributed by atoms with Gasteiger partial charge in [0.25, 0.3) is 0 Å². The Balaban J connectivity index is 0.00000300. The van der Waals surface area contributed by atoms with Crippen molar-refractivity contribution in [3.05, 3.63) is 29.3 Å². The van der Waals surface area contributed by atoms with E-state index in [-0.39, 0.29) is 24.0 Å². The maximum Gasteiger partial charge on any atom is 0.191 e. The van der Waals surface area contributed by atoms with Crippen molar-refractivity contribution in [1.29, 1.82) is 0 Å². The molecule has 2 aliphatic heterocycles. The van der Waals surface area contributed by atoms with Crippen LogP contribution in [0.15, 0.2) is 29.3 Å². The summed E-state index contributed by atoms with van der Waals surface area (Å²) in [6.07, 6.45) is 3.41. The molecule has 2 heterocycles. The molecule has 29 heavy (non-hydrogen) atoms. The van der Waals surface area contributed by atoms with Gasteiger partial charge < -0.3 is 20.3 Å². The summed E-state index contributed by atoms with van der Waals surface area (Å²) in [5.41, 5.74) is 1.20. The molecule has 2 saturated heterocycles. The van der Waals surface area contributed by atoms with Crippen LogP contribution in [0.2, 0.25) is 5.02 Å². The summed E-state index contributed by atoms with van der Waals surface area (Å²) in [6, 6.07) is 8.51. The van der Waals surface area contributed by atoms with Crippen LogP contribution >= 0.6 is 35.6 Å². The zero-order valence-corrected chi connectivity index (χ0v) is 20.5. The third-order valence-electron chi connectivity index (χ3n) is 5.30. The second-order valence-corrected chi connectivity index (χ2v) is 7.91. The SMILES string of the molecule is CCNC(=NCCCCN1CCOCC1)NC1CCN(c2cccc(Cl)c2)C1.I. The van der Waals surface area contributed by atoms with E-state index in [4.69, 9.17) is 21.3 Å². The number of hydrogen-bond acceptors (Lipinski definition) is 4. The van der Waals surface area contributed by atoms with Crippen molar-refractivity contribution in [1.82, 2.24) is 15.5 Å². The number of guanidine groups is 1. The molecule has 0 amide bonds. The molecule has 3 rings (SSSR count). The Bertz CT molecular complexity index is 627. The summed E-state index contributed by atoms with van der Waals surface area (Å²) >= 11 is 6.14. The number of anilines is 1. The topological polar surface area (TPSA) is 52.1 Å². The number of benzene rings is 1. The normalized spacial score (nSPS) is 20.4. The Morgan fingerprint density at radius 1 is 1.24 bits per heavy atom. The van der Waals surface area contributed by atoms with Crippen LogP contribution in [0.1, 0.15) is 26.2 Å². The quantitative estimate of drug-likeness (QED) is 0.232. The molecular weight excluding hydrogens is 501 g/mol. The lowest BCUT2D eigenvalue weighted by atomic mass is 10.2. The summed E-state index contributed by atoms with van der Waals surface area (Å²) < 4.78 is 5.40. The number of nitrogens with one attached hydrogen (secondary N) is 2. The van der Waals surface area contributed by atoms with E-state index < -0.39 is 0 Å². The lowest BCUT2D eigenvalue weighted by Crippen LogP contribution is -2.44. The molecule has 1 unspecified atom stereocenters. The number of morpholine rings is 1. The van der Waals surface area contributed by atoms with E-state index in [1.54, 1.807) is 0 Å². The van der Waals surface area contributed by atoms with Gasteiger partial charge in [0.05, 0.1) is 13.2 Å². The van der Waals surface area contributed by atoms with Crippen molar-refractivity contribution >= 4 is 47.2 Å². The monoisotopic (exact) mass is 535 g/mol. The third-order valence-corrected chi connectivity index (χ3v) is 5.54. The first-order valence-corrected chi connectivity index (χ1v) is 11.0. The lowest BCUT2D eigenvalue weighted by Gasteiger charge is -2.26. The predicted molar refractivity (Wildman–Crippen MR) is 133 cm³/mol. The van der Waals surface area contributed by atoms with Crippen LogP contribution in [0.5, 0.6) is 0 Å². The van der Waals surface area contributed by atoms with E-state index in [1.165, 1.54) is 12.1 Å². The fraction of sp³-hybridized carbons (Fsp3) is 0.667. The molecule has 2 aliphatic rings. The van der Waals surface area contributed by atoms with Crippen LogP contribution in [0, 0.1) is 0 Å². The summed E-state index contributed by atoms with van der Waals surface area (Å²) in [5.74, 6) is 0.937. The molecule has 0 bridgehead atoms. The van der Waals surface area contributed by atoms with Gasteiger partial charge in [-0.15, -0.1) is 24.0 Å². The lowest BCUT2D eigenvalue weighted by molar-refractivity contribution is 0.0373. The number of nitrogens with zero attached hydrogens (tertiary/aromatic N) is 3. The molecule has 0 aliphatic carbocycles. The summed E-state index contributed by atoms with van der Waals surface area (Å²) in [6.45, 7) is 10.9. The van der Waals surface area contributed by atoms with Crippen molar-refractivity contribution in [2.24, 2.45) is 4.99 Å². The van der Waals surface area contributed by atoms with Crippen molar-refractivity contribution in [3.63, 3.8) is 0 Å². The first-order valence-electron chi connectivity index (χ1n) is 10.6. The van der Waals surface area contributed by atoms with Gasteiger partial charge in [-0.1, -0.05) is 17.7 Å². The van der Waals surface area contributed by atoms with Gasteiger partial charge in [0.2, 0.25) is 0 Å². The zero-order chi connectivity index (χ0) is 19.6. The van der Waals surface area contributed by atoms with Crippen LogP contribution < -0.4 is 15.5 Å². The highest BCUT2D eigenvalue weighted by atomic mass is 127. The van der Waals surface area contributed by atoms with Crippen LogP contribution in [0.25, 0.3) is 0 Å². The number of unbranched alkanes of at least 4 members (excludes halogenated alkanes) is 1. The molecule has 1 aromatic carbocycles. The molecule has 0 radical (unpaired) electrons. The molecule has 0 saturated carbocycles. The first kappa shape index (κ1) is 24.5. The number of ether oxygens (including phenoxy) is 1. The molecule has 2 N–H and O–H groups in total. The molecule has 8 heteroatoms. The Kier molecular flexibility index (Phi) is 11.4. The molecule has 0 spiro atoms. The van der Waals surface area contributed by atoms with E-state index in [2.05, 4.69) is 33.4 Å². The average Bonchev–Trinajstić information content (AvgIpc) is 3.17. The number of hydrogen-bond donors (Lipinski definition) is 2. The van der Waals surface area contributed by atoms with Crippen molar-refractivity contribution < 1.29 is 4.74 Å². The molecule has 1 aromatic rings. The number of halogens is 2. The van der Waals surface area contributed by atoms with E-state index >= 15 is 0 Å². The molecular formula is C21H35ClIN5O. The van der Waals surface area contributed by atoms with Gasteiger partial charge in [-0.2, -0.15) is 0 Å². The van der Waals surface area contributed by atoms with Gasteiger partial charge in [-0.05, 0) is 50.9 Å². The Hall–Kier alpha value is -0.770. The molecule has 0 aromatic heterocycles. The minimum Gasteiger partial charge on any atom is -0.379 e. The largest absolute Gasteiger partial charge is 0.379 e. The van der Waals surface area contributed by atoms with E-state index in [9.17, 15) is 0 Å². The second-order valence-electron chi connectivity index (χ2n) is 7.48. The highest BCUT2D eigenvalue weighted by Gasteiger charge is 2.23. The smallest absolute Gasteiger partial charge is 0.191 e. The van der Waals surface area contributed by atoms with Gasteiger partial charge in [0.1, 0.15) is 0 Å². The van der Waals surface area contributed by atoms with Crippen LogP contribution in [-0.2, 0) is 4.74 Å². The minimum absolute atomic E-state index is 0. The Labute approximate surface area is 197 Å². The summed E-state index contributed by atoms with van der Waals surface area (Å²) in [4.78, 5) is 9.65. The van der Waals surface area contributed by atoms with Gasteiger partial charge in [-0.3, -0.25) is 9.89 Å². The standard InChI is InChI=1S/C21H34ClN5O.HI/c1-2-23-21(24-9-3-4-10-26-12-14-28-15-13-26)25-19-8-11-27(17-19)20-7-5-6-18(22)16-20;/h5-7,16,19H,2-4,8-15,17H2,1H3,(H2,23,24,25);1H. The van der Waals surface area contributed by atoms with Gasteiger partial charge in [0, 0.05) is 56.0 Å². The summed E-state index contributed by atoms with van der Waals surface area (Å²) in [7, 11) is 0. The molecule has 6 nitrogen and oxygen atoms in total. The maximum absolute atomic E-state index is 6.14. The highest BCUT2D eigenvalue weighted by Crippen LogP contribution is 2.23. The third kappa shape index (κ3) is 8.47. The predicted octanol–water partition coefficient (Wildman–Crippen LogP) is 3.20. The van der Waals surface area contributed by atoms with E-state index in [0.29, 0.717) is 6.04 Å². The highest BCUT2D eigenvalue weighted by molar-refractivity contribution is 14.0. The Morgan fingerprint density at radius 2 is 2.07 bits per heavy atom. The maximum atomic E-state index is 6.14. The average molecular weight is 536 g/mol. The van der Waals surface area contributed by atoms with E-state index in [0.717, 1.165) is 82.9 Å². The van der Waals surface area contributed by atoms with Gasteiger partial charge in [-0.25, -0.2) is 0 Å². The zero-order valence-electron chi connectivity index (χ0n) is 17.4. The Morgan fingerprint density at radius 3 is 2.83 bits per heavy atom. The van der Waals surface area contributed by atoms with Crippen molar-refractivity contribution in [2.75, 3.05) is 63.9 Å². The molecule has 2 fully saturated rings. The van der Waals surface area contributed by atoms with Crippen molar-refractivity contribution in [3.8, 4) is 0 Å². The second kappa shape index (κ2) is 13.5.